The summed E-state index contributed by atoms with van der Waals surface area (Å²) < 4.78 is 1.79. The minimum atomic E-state index is -0.101. The van der Waals surface area contributed by atoms with Gasteiger partial charge in [0.05, 0.1) is 0 Å². The van der Waals surface area contributed by atoms with Crippen molar-refractivity contribution >= 4 is 11.6 Å². The Kier molecular flexibility index (Phi) is 2.93. The Labute approximate surface area is 99.1 Å². The highest BCUT2D eigenvalue weighted by Crippen LogP contribution is 2.15. The standard InChI is InChI=1S/C13H11N3O/c1-10(17)15-11-4-6-12(7-5-11)16-8-2-3-13(16)9-14/h2-8H,1H3,(H,15,17). The number of benzene rings is 1. The number of hydrogen-bond acceptors (Lipinski definition) is 2. The maximum absolute atomic E-state index is 10.9. The van der Waals surface area contributed by atoms with Crippen molar-refractivity contribution in [3.63, 3.8) is 0 Å². The van der Waals surface area contributed by atoms with E-state index in [1.807, 2.05) is 24.4 Å². The molecule has 2 rings (SSSR count). The van der Waals surface area contributed by atoms with E-state index in [9.17, 15) is 4.79 Å². The molecule has 1 heterocycles. The minimum Gasteiger partial charge on any atom is -0.326 e. The number of aromatic nitrogens is 1. The van der Waals surface area contributed by atoms with Gasteiger partial charge < -0.3 is 9.88 Å². The molecule has 1 N–H and O–H groups in total. The molecule has 0 aliphatic rings. The summed E-state index contributed by atoms with van der Waals surface area (Å²) in [5.74, 6) is -0.101. The topological polar surface area (TPSA) is 57.8 Å². The number of hydrogen-bond donors (Lipinski definition) is 1. The van der Waals surface area contributed by atoms with Gasteiger partial charge in [0.2, 0.25) is 5.91 Å². The lowest BCUT2D eigenvalue weighted by atomic mass is 10.2. The highest BCUT2D eigenvalue weighted by atomic mass is 16.1. The van der Waals surface area contributed by atoms with Gasteiger partial charge in [-0.1, -0.05) is 0 Å². The van der Waals surface area contributed by atoms with Crippen molar-refractivity contribution in [1.29, 1.82) is 5.26 Å². The van der Waals surface area contributed by atoms with Gasteiger partial charge in [-0.25, -0.2) is 0 Å². The van der Waals surface area contributed by atoms with E-state index in [4.69, 9.17) is 5.26 Å². The molecule has 0 aliphatic carbocycles. The van der Waals surface area contributed by atoms with Gasteiger partial charge in [0.25, 0.3) is 0 Å². The fraction of sp³-hybridized carbons (Fsp3) is 0.0769. The molecular formula is C13H11N3O. The summed E-state index contributed by atoms with van der Waals surface area (Å²) in [6, 6.07) is 13.0. The first-order chi connectivity index (χ1) is 8.20. The molecule has 1 aromatic heterocycles. The summed E-state index contributed by atoms with van der Waals surface area (Å²) in [5.41, 5.74) is 2.21. The van der Waals surface area contributed by atoms with Gasteiger partial charge in [0, 0.05) is 24.5 Å². The van der Waals surface area contributed by atoms with E-state index < -0.39 is 0 Å². The predicted molar refractivity (Wildman–Crippen MR) is 64.8 cm³/mol. The SMILES string of the molecule is CC(=O)Nc1ccc(-n2cccc2C#N)cc1. The van der Waals surface area contributed by atoms with Crippen LogP contribution >= 0.6 is 0 Å². The third kappa shape index (κ3) is 2.34. The second kappa shape index (κ2) is 4.54. The van der Waals surface area contributed by atoms with Crippen LogP contribution in [0.15, 0.2) is 42.6 Å². The van der Waals surface area contributed by atoms with Crippen molar-refractivity contribution in [3.05, 3.63) is 48.3 Å². The third-order valence-electron chi connectivity index (χ3n) is 2.33. The number of nitriles is 1. The average Bonchev–Trinajstić information content (AvgIpc) is 2.77. The maximum Gasteiger partial charge on any atom is 0.221 e. The molecule has 0 unspecified atom stereocenters. The fourth-order valence-corrected chi connectivity index (χ4v) is 1.61. The number of amides is 1. The Bertz CT molecular complexity index is 575. The Hall–Kier alpha value is -2.54. The van der Waals surface area contributed by atoms with Crippen molar-refractivity contribution in [2.45, 2.75) is 6.92 Å². The monoisotopic (exact) mass is 225 g/mol. The summed E-state index contributed by atoms with van der Waals surface area (Å²) in [5, 5.41) is 11.6. The van der Waals surface area contributed by atoms with Crippen LogP contribution in [0.5, 0.6) is 0 Å². The fourth-order valence-electron chi connectivity index (χ4n) is 1.61. The number of nitrogens with one attached hydrogen (secondary N) is 1. The minimum absolute atomic E-state index is 0.101. The molecule has 4 nitrogen and oxygen atoms in total. The molecule has 17 heavy (non-hydrogen) atoms. The summed E-state index contributed by atoms with van der Waals surface area (Å²) in [6.07, 6.45) is 1.83. The summed E-state index contributed by atoms with van der Waals surface area (Å²) in [4.78, 5) is 10.9. The number of nitrogens with zero attached hydrogens (tertiary/aromatic N) is 2. The molecule has 0 atom stereocenters. The molecule has 1 aromatic carbocycles. The molecular weight excluding hydrogens is 214 g/mol. The molecule has 1 amide bonds. The van der Waals surface area contributed by atoms with Crippen LogP contribution < -0.4 is 5.32 Å². The smallest absolute Gasteiger partial charge is 0.221 e. The lowest BCUT2D eigenvalue weighted by molar-refractivity contribution is -0.114. The molecule has 0 radical (unpaired) electrons. The van der Waals surface area contributed by atoms with Crippen LogP contribution in [0.3, 0.4) is 0 Å². The molecule has 0 saturated heterocycles. The van der Waals surface area contributed by atoms with E-state index in [1.165, 1.54) is 6.92 Å². The Balaban J connectivity index is 2.30. The molecule has 0 spiro atoms. The summed E-state index contributed by atoms with van der Waals surface area (Å²) in [6.45, 7) is 1.47. The van der Waals surface area contributed by atoms with Gasteiger partial charge in [-0.3, -0.25) is 4.79 Å². The van der Waals surface area contributed by atoms with E-state index >= 15 is 0 Å². The van der Waals surface area contributed by atoms with Gasteiger partial charge in [0.1, 0.15) is 11.8 Å². The maximum atomic E-state index is 10.9. The van der Waals surface area contributed by atoms with Crippen LogP contribution in [0.1, 0.15) is 12.6 Å². The van der Waals surface area contributed by atoms with Crippen LogP contribution in [0.2, 0.25) is 0 Å². The normalized spacial score (nSPS) is 9.65. The van der Waals surface area contributed by atoms with Crippen LogP contribution in [-0.4, -0.2) is 10.5 Å². The van der Waals surface area contributed by atoms with Crippen molar-refractivity contribution in [1.82, 2.24) is 4.57 Å². The van der Waals surface area contributed by atoms with E-state index in [1.54, 1.807) is 22.8 Å². The zero-order valence-electron chi connectivity index (χ0n) is 9.34. The van der Waals surface area contributed by atoms with E-state index in [0.29, 0.717) is 5.69 Å². The van der Waals surface area contributed by atoms with Crippen LogP contribution in [0.25, 0.3) is 5.69 Å². The lowest BCUT2D eigenvalue weighted by Crippen LogP contribution is -2.05. The van der Waals surface area contributed by atoms with E-state index in [-0.39, 0.29) is 5.91 Å². The van der Waals surface area contributed by atoms with Crippen molar-refractivity contribution < 1.29 is 4.79 Å². The van der Waals surface area contributed by atoms with Crippen LogP contribution in [0.4, 0.5) is 5.69 Å². The molecule has 0 saturated carbocycles. The molecule has 0 bridgehead atoms. The first kappa shape index (κ1) is 11.0. The molecule has 84 valence electrons. The van der Waals surface area contributed by atoms with Crippen LogP contribution in [-0.2, 0) is 4.79 Å². The summed E-state index contributed by atoms with van der Waals surface area (Å²) in [7, 11) is 0. The van der Waals surface area contributed by atoms with Gasteiger partial charge >= 0.3 is 0 Å². The lowest BCUT2D eigenvalue weighted by Gasteiger charge is -2.06. The van der Waals surface area contributed by atoms with Gasteiger partial charge in [-0.2, -0.15) is 5.26 Å². The zero-order valence-corrected chi connectivity index (χ0v) is 9.34. The van der Waals surface area contributed by atoms with Crippen molar-refractivity contribution in [3.8, 4) is 11.8 Å². The highest BCUT2D eigenvalue weighted by molar-refractivity contribution is 5.88. The number of carbonyl (C=O) groups excluding carboxylic acids is 1. The third-order valence-corrected chi connectivity index (χ3v) is 2.33. The first-order valence-electron chi connectivity index (χ1n) is 5.16. The van der Waals surface area contributed by atoms with Crippen molar-refractivity contribution in [2.24, 2.45) is 0 Å². The predicted octanol–water partition coefficient (Wildman–Crippen LogP) is 2.31. The zero-order chi connectivity index (χ0) is 12.3. The van der Waals surface area contributed by atoms with Gasteiger partial charge in [-0.05, 0) is 36.4 Å². The first-order valence-corrected chi connectivity index (χ1v) is 5.16. The van der Waals surface area contributed by atoms with Gasteiger partial charge in [0.15, 0.2) is 0 Å². The summed E-state index contributed by atoms with van der Waals surface area (Å²) >= 11 is 0. The number of carbonyl (C=O) groups is 1. The second-order valence-electron chi connectivity index (χ2n) is 3.60. The molecule has 2 aromatic rings. The quantitative estimate of drug-likeness (QED) is 0.852. The molecule has 4 heteroatoms. The largest absolute Gasteiger partial charge is 0.326 e. The second-order valence-corrected chi connectivity index (χ2v) is 3.60. The van der Waals surface area contributed by atoms with Crippen LogP contribution in [0, 0.1) is 11.3 Å². The van der Waals surface area contributed by atoms with Gasteiger partial charge in [-0.15, -0.1) is 0 Å². The van der Waals surface area contributed by atoms with E-state index in [2.05, 4.69) is 11.4 Å². The van der Waals surface area contributed by atoms with Crippen molar-refractivity contribution in [2.75, 3.05) is 5.32 Å². The highest BCUT2D eigenvalue weighted by Gasteiger charge is 2.02. The Morgan fingerprint density at radius 2 is 2.00 bits per heavy atom. The Morgan fingerprint density at radius 1 is 1.29 bits per heavy atom. The number of anilines is 1. The Morgan fingerprint density at radius 3 is 2.59 bits per heavy atom. The number of rotatable bonds is 2. The van der Waals surface area contributed by atoms with E-state index in [0.717, 1.165) is 11.4 Å². The molecule has 0 fully saturated rings. The average molecular weight is 225 g/mol. The molecule has 0 aliphatic heterocycles.